The number of fused-ring (bicyclic) bond motifs is 1. The summed E-state index contributed by atoms with van der Waals surface area (Å²) >= 11 is 13.4. The first kappa shape index (κ1) is 24.1. The van der Waals surface area contributed by atoms with Gasteiger partial charge in [0.05, 0.1) is 15.6 Å². The Hall–Kier alpha value is -3.05. The molecule has 4 rings (SSSR count). The molecule has 174 valence electrons. The van der Waals surface area contributed by atoms with E-state index in [1.54, 1.807) is 12.1 Å². The van der Waals surface area contributed by atoms with Gasteiger partial charge in [-0.3, -0.25) is 4.79 Å². The monoisotopic (exact) mass is 513 g/mol. The molecule has 0 saturated carbocycles. The number of carboxylic acids is 1. The highest BCUT2D eigenvalue weighted by atomic mass is 35.5. The van der Waals surface area contributed by atoms with E-state index in [0.29, 0.717) is 31.9 Å². The van der Waals surface area contributed by atoms with E-state index in [4.69, 9.17) is 23.2 Å². The second-order valence-electron chi connectivity index (χ2n) is 8.11. The number of nitrogens with one attached hydrogen (secondary N) is 1. The van der Waals surface area contributed by atoms with E-state index in [1.165, 1.54) is 23.5 Å². The van der Waals surface area contributed by atoms with E-state index < -0.39 is 11.9 Å². The van der Waals surface area contributed by atoms with Crippen LogP contribution in [0.2, 0.25) is 10.0 Å². The fourth-order valence-corrected chi connectivity index (χ4v) is 6.04. The normalized spacial score (nSPS) is 13.3. The smallest absolute Gasteiger partial charge is 0.339 e. The number of nitriles is 1. The molecule has 0 aliphatic heterocycles. The van der Waals surface area contributed by atoms with E-state index in [9.17, 15) is 20.0 Å². The van der Waals surface area contributed by atoms with Crippen molar-refractivity contribution in [1.82, 2.24) is 4.57 Å². The number of carboxylic acid groups (broad SMARTS) is 1. The van der Waals surface area contributed by atoms with E-state index in [1.807, 2.05) is 30.6 Å². The maximum atomic E-state index is 12.7. The van der Waals surface area contributed by atoms with Crippen molar-refractivity contribution < 1.29 is 14.7 Å². The summed E-state index contributed by atoms with van der Waals surface area (Å²) in [6, 6.07) is 8.47. The van der Waals surface area contributed by atoms with Gasteiger partial charge in [0.2, 0.25) is 0 Å². The second kappa shape index (κ2) is 9.67. The highest BCUT2D eigenvalue weighted by molar-refractivity contribution is 7.15. The number of benzene rings is 1. The Bertz CT molecular complexity index is 1400. The van der Waals surface area contributed by atoms with Crippen molar-refractivity contribution in [3.8, 4) is 11.1 Å². The van der Waals surface area contributed by atoms with Crippen molar-refractivity contribution in [3.63, 3.8) is 0 Å². The molecule has 0 spiro atoms. The molecule has 2 heterocycles. The zero-order valence-electron chi connectivity index (χ0n) is 18.5. The third-order valence-corrected chi connectivity index (χ3v) is 7.90. The first-order chi connectivity index (χ1) is 16.2. The molecule has 9 heteroatoms. The molecule has 1 aliphatic carbocycles. The summed E-state index contributed by atoms with van der Waals surface area (Å²) in [5.41, 5.74) is 3.87. The predicted octanol–water partition coefficient (Wildman–Crippen LogP) is 6.59. The number of hydrogen-bond donors (Lipinski definition) is 2. The molecule has 1 aromatic carbocycles. The van der Waals surface area contributed by atoms with Crippen LogP contribution in [0.5, 0.6) is 0 Å². The van der Waals surface area contributed by atoms with Crippen molar-refractivity contribution in [2.75, 3.05) is 5.32 Å². The Labute approximate surface area is 211 Å². The molecule has 0 fully saturated rings. The molecule has 2 aromatic heterocycles. The number of aromatic nitrogens is 1. The van der Waals surface area contributed by atoms with Crippen LogP contribution >= 0.6 is 34.5 Å². The van der Waals surface area contributed by atoms with Crippen LogP contribution < -0.4 is 5.32 Å². The molecular weight excluding hydrogens is 493 g/mol. The fraction of sp³-hybridized carbons (Fsp3) is 0.240. The standard InChI is InChI=1S/C25H21Cl2N3O3S/c1-13-9-15(10-16(12-28)23(31)29-17-7-8-19(26)20(27)11-17)14(2)30(13)24-22(25(32)33)18-5-3-4-6-21(18)34-24/h7-11H,3-6H2,1-2H3,(H,29,31)(H,32,33)/b16-10-. The summed E-state index contributed by atoms with van der Waals surface area (Å²) < 4.78 is 1.91. The molecule has 0 atom stereocenters. The van der Waals surface area contributed by atoms with Crippen LogP contribution in [0.15, 0.2) is 29.8 Å². The van der Waals surface area contributed by atoms with Gasteiger partial charge in [-0.25, -0.2) is 4.79 Å². The van der Waals surface area contributed by atoms with E-state index in [2.05, 4.69) is 5.32 Å². The van der Waals surface area contributed by atoms with Gasteiger partial charge in [0.1, 0.15) is 16.6 Å². The quantitative estimate of drug-likeness (QED) is 0.297. The molecule has 0 unspecified atom stereocenters. The molecule has 2 N–H and O–H groups in total. The maximum absolute atomic E-state index is 12.7. The Kier molecular flexibility index (Phi) is 6.85. The minimum atomic E-state index is -0.933. The number of rotatable bonds is 5. The lowest BCUT2D eigenvalue weighted by Gasteiger charge is -2.11. The molecule has 1 aliphatic rings. The highest BCUT2D eigenvalue weighted by Gasteiger charge is 2.27. The van der Waals surface area contributed by atoms with Gasteiger partial charge in [-0.05, 0) is 81.0 Å². The van der Waals surface area contributed by atoms with Crippen LogP contribution in [0, 0.1) is 25.2 Å². The average molecular weight is 514 g/mol. The van der Waals surface area contributed by atoms with Crippen LogP contribution in [0.1, 0.15) is 50.6 Å². The van der Waals surface area contributed by atoms with Gasteiger partial charge < -0.3 is 15.0 Å². The SMILES string of the molecule is Cc1cc(/C=C(/C#N)C(=O)Nc2ccc(Cl)c(Cl)c2)c(C)n1-c1sc2c(c1C(=O)O)CCCC2. The average Bonchev–Trinajstić information content (AvgIpc) is 3.30. The number of amides is 1. The lowest BCUT2D eigenvalue weighted by molar-refractivity contribution is -0.112. The summed E-state index contributed by atoms with van der Waals surface area (Å²) in [6.45, 7) is 3.74. The van der Waals surface area contributed by atoms with Crippen molar-refractivity contribution in [3.05, 3.63) is 72.8 Å². The zero-order valence-corrected chi connectivity index (χ0v) is 20.9. The third kappa shape index (κ3) is 4.49. The van der Waals surface area contributed by atoms with Gasteiger partial charge in [-0.15, -0.1) is 11.3 Å². The number of thiophene rings is 1. The van der Waals surface area contributed by atoms with Gasteiger partial charge in [-0.2, -0.15) is 5.26 Å². The summed E-state index contributed by atoms with van der Waals surface area (Å²) in [7, 11) is 0. The zero-order chi connectivity index (χ0) is 24.6. The lowest BCUT2D eigenvalue weighted by atomic mass is 9.95. The van der Waals surface area contributed by atoms with Gasteiger partial charge >= 0.3 is 5.97 Å². The molecule has 0 radical (unpaired) electrons. The largest absolute Gasteiger partial charge is 0.478 e. The predicted molar refractivity (Wildman–Crippen MR) is 135 cm³/mol. The third-order valence-electron chi connectivity index (χ3n) is 5.88. The number of carbonyl (C=O) groups excluding carboxylic acids is 1. The topological polar surface area (TPSA) is 95.1 Å². The van der Waals surface area contributed by atoms with Gasteiger partial charge in [0.15, 0.2) is 0 Å². The first-order valence-corrected chi connectivity index (χ1v) is 12.2. The van der Waals surface area contributed by atoms with Crippen molar-refractivity contribution in [2.24, 2.45) is 0 Å². The molecule has 0 bridgehead atoms. The van der Waals surface area contributed by atoms with E-state index in [0.717, 1.165) is 47.5 Å². The van der Waals surface area contributed by atoms with E-state index >= 15 is 0 Å². The molecule has 6 nitrogen and oxygen atoms in total. The Balaban J connectivity index is 1.71. The van der Waals surface area contributed by atoms with Gasteiger partial charge in [0.25, 0.3) is 5.91 Å². The minimum absolute atomic E-state index is 0.0877. The number of carbonyl (C=O) groups is 2. The molecule has 1 amide bonds. The number of aryl methyl sites for hydroxylation is 2. The highest BCUT2D eigenvalue weighted by Crippen LogP contribution is 2.39. The Morgan fingerprint density at radius 1 is 1.18 bits per heavy atom. The number of nitrogens with zero attached hydrogens (tertiary/aromatic N) is 2. The van der Waals surface area contributed by atoms with Gasteiger partial charge in [-0.1, -0.05) is 23.2 Å². The van der Waals surface area contributed by atoms with Crippen molar-refractivity contribution in [1.29, 1.82) is 5.26 Å². The molecular formula is C25H21Cl2N3O3S. The van der Waals surface area contributed by atoms with Crippen LogP contribution in [0.3, 0.4) is 0 Å². The van der Waals surface area contributed by atoms with Crippen molar-refractivity contribution in [2.45, 2.75) is 39.5 Å². The minimum Gasteiger partial charge on any atom is -0.478 e. The molecule has 3 aromatic rings. The Morgan fingerprint density at radius 3 is 2.59 bits per heavy atom. The first-order valence-electron chi connectivity index (χ1n) is 10.7. The summed E-state index contributed by atoms with van der Waals surface area (Å²) in [6.07, 6.45) is 5.22. The van der Waals surface area contributed by atoms with Gasteiger partial charge in [0, 0.05) is 22.0 Å². The summed E-state index contributed by atoms with van der Waals surface area (Å²) in [4.78, 5) is 26.0. The number of anilines is 1. The lowest BCUT2D eigenvalue weighted by Crippen LogP contribution is -2.13. The maximum Gasteiger partial charge on any atom is 0.339 e. The summed E-state index contributed by atoms with van der Waals surface area (Å²) in [5.74, 6) is -1.51. The number of aromatic carboxylic acids is 1. The van der Waals surface area contributed by atoms with Crippen LogP contribution in [0.25, 0.3) is 11.1 Å². The van der Waals surface area contributed by atoms with E-state index in [-0.39, 0.29) is 5.57 Å². The Morgan fingerprint density at radius 2 is 1.91 bits per heavy atom. The number of halogens is 2. The van der Waals surface area contributed by atoms with Crippen LogP contribution in [0.4, 0.5) is 5.69 Å². The fourth-order valence-electron chi connectivity index (χ4n) is 4.25. The second-order valence-corrected chi connectivity index (χ2v) is 10.0. The molecule has 34 heavy (non-hydrogen) atoms. The molecule has 0 saturated heterocycles. The van der Waals surface area contributed by atoms with Crippen molar-refractivity contribution >= 4 is 58.2 Å². The summed E-state index contributed by atoms with van der Waals surface area (Å²) in [5, 5.41) is 23.6. The number of hydrogen-bond acceptors (Lipinski definition) is 4. The van der Waals surface area contributed by atoms with Crippen LogP contribution in [-0.2, 0) is 17.6 Å². The van der Waals surface area contributed by atoms with Crippen LogP contribution in [-0.4, -0.2) is 21.6 Å².